The van der Waals surface area contributed by atoms with Gasteiger partial charge >= 0.3 is 5.97 Å². The molecule has 0 bridgehead atoms. The van der Waals surface area contributed by atoms with E-state index in [-0.39, 0.29) is 6.61 Å². The van der Waals surface area contributed by atoms with Gasteiger partial charge in [0, 0.05) is 36.7 Å². The molecule has 3 rings (SSSR count). The predicted molar refractivity (Wildman–Crippen MR) is 80.3 cm³/mol. The fourth-order valence-corrected chi connectivity index (χ4v) is 2.98. The first-order valence-electron chi connectivity index (χ1n) is 7.32. The van der Waals surface area contributed by atoms with Crippen molar-refractivity contribution in [2.45, 2.75) is 26.1 Å². The molecule has 1 fully saturated rings. The van der Waals surface area contributed by atoms with Crippen LogP contribution in [0.4, 0.5) is 0 Å². The highest BCUT2D eigenvalue weighted by atomic mass is 16.5. The monoisotopic (exact) mass is 288 g/mol. The Bertz CT molecular complexity index is 650. The molecule has 1 saturated heterocycles. The maximum absolute atomic E-state index is 11.4. The van der Waals surface area contributed by atoms with Crippen LogP contribution in [-0.4, -0.2) is 46.3 Å². The Morgan fingerprint density at radius 2 is 2.24 bits per heavy atom. The molecule has 112 valence electrons. The van der Waals surface area contributed by atoms with Crippen LogP contribution in [0.15, 0.2) is 30.5 Å². The van der Waals surface area contributed by atoms with E-state index in [4.69, 9.17) is 4.74 Å². The largest absolute Gasteiger partial charge is 0.480 e. The first kappa shape index (κ1) is 14.1. The lowest BCUT2D eigenvalue weighted by Crippen LogP contribution is -2.49. The number of benzene rings is 1. The molecular formula is C16H20N2O3. The van der Waals surface area contributed by atoms with Crippen molar-refractivity contribution in [1.29, 1.82) is 0 Å². The van der Waals surface area contributed by atoms with Gasteiger partial charge < -0.3 is 14.4 Å². The van der Waals surface area contributed by atoms with E-state index in [1.807, 2.05) is 17.0 Å². The van der Waals surface area contributed by atoms with Gasteiger partial charge in [-0.15, -0.1) is 0 Å². The molecule has 1 N–H and O–H groups in total. The Hall–Kier alpha value is -1.85. The third-order valence-electron chi connectivity index (χ3n) is 4.11. The molecule has 2 heterocycles. The Morgan fingerprint density at radius 1 is 1.43 bits per heavy atom. The molecule has 0 aliphatic carbocycles. The summed E-state index contributed by atoms with van der Waals surface area (Å²) < 4.78 is 7.51. The normalized spacial score (nSPS) is 20.0. The summed E-state index contributed by atoms with van der Waals surface area (Å²) in [6.07, 6.45) is 2.14. The van der Waals surface area contributed by atoms with Gasteiger partial charge in [0.15, 0.2) is 0 Å². The third kappa shape index (κ3) is 2.66. The number of carbonyl (C=O) groups is 1. The molecule has 1 aliphatic heterocycles. The average Bonchev–Trinajstić information content (AvgIpc) is 2.86. The van der Waals surface area contributed by atoms with Gasteiger partial charge in [-0.1, -0.05) is 18.2 Å². The van der Waals surface area contributed by atoms with E-state index in [9.17, 15) is 9.90 Å². The molecule has 1 aliphatic rings. The number of carboxylic acids is 1. The van der Waals surface area contributed by atoms with E-state index >= 15 is 0 Å². The number of hydrogen-bond acceptors (Lipinski definition) is 3. The van der Waals surface area contributed by atoms with Crippen molar-refractivity contribution in [2.75, 3.05) is 19.8 Å². The van der Waals surface area contributed by atoms with Crippen molar-refractivity contribution < 1.29 is 14.6 Å². The summed E-state index contributed by atoms with van der Waals surface area (Å²) in [5.74, 6) is -0.811. The predicted octanol–water partition coefficient (Wildman–Crippen LogP) is 1.95. The summed E-state index contributed by atoms with van der Waals surface area (Å²) in [6, 6.07) is 7.72. The molecular weight excluding hydrogens is 268 g/mol. The lowest BCUT2D eigenvalue weighted by molar-refractivity contribution is -0.150. The minimum atomic E-state index is -0.811. The Labute approximate surface area is 123 Å². The van der Waals surface area contributed by atoms with Crippen LogP contribution in [0.1, 0.15) is 12.5 Å². The highest BCUT2D eigenvalue weighted by molar-refractivity contribution is 5.84. The van der Waals surface area contributed by atoms with Gasteiger partial charge in [0.2, 0.25) is 0 Å². The fraction of sp³-hybridized carbons (Fsp3) is 0.438. The quantitative estimate of drug-likeness (QED) is 0.934. The Kier molecular flexibility index (Phi) is 3.94. The number of rotatable bonds is 4. The number of carboxylic acid groups (broad SMARTS) is 1. The minimum absolute atomic E-state index is 0.266. The highest BCUT2D eigenvalue weighted by Crippen LogP contribution is 2.24. The maximum Gasteiger partial charge on any atom is 0.323 e. The van der Waals surface area contributed by atoms with Crippen molar-refractivity contribution in [2.24, 2.45) is 0 Å². The van der Waals surface area contributed by atoms with Crippen LogP contribution in [0.25, 0.3) is 10.9 Å². The molecule has 1 unspecified atom stereocenters. The SMILES string of the molecule is CCn1cc(CN2CCOCC2C(=O)O)c2ccccc21. The molecule has 0 spiro atoms. The summed E-state index contributed by atoms with van der Waals surface area (Å²) in [7, 11) is 0. The number of fused-ring (bicyclic) bond motifs is 1. The first-order chi connectivity index (χ1) is 10.2. The van der Waals surface area contributed by atoms with Crippen molar-refractivity contribution in [3.05, 3.63) is 36.0 Å². The van der Waals surface area contributed by atoms with E-state index in [1.165, 1.54) is 16.5 Å². The van der Waals surface area contributed by atoms with Crippen molar-refractivity contribution in [1.82, 2.24) is 9.47 Å². The van der Waals surface area contributed by atoms with Gasteiger partial charge in [-0.3, -0.25) is 9.69 Å². The van der Waals surface area contributed by atoms with Crippen molar-refractivity contribution in [3.63, 3.8) is 0 Å². The zero-order valence-corrected chi connectivity index (χ0v) is 12.2. The van der Waals surface area contributed by atoms with Gasteiger partial charge in [0.25, 0.3) is 0 Å². The summed E-state index contributed by atoms with van der Waals surface area (Å²) in [5, 5.41) is 10.5. The van der Waals surface area contributed by atoms with Crippen molar-refractivity contribution >= 4 is 16.9 Å². The summed E-state index contributed by atoms with van der Waals surface area (Å²) >= 11 is 0. The van der Waals surface area contributed by atoms with Crippen molar-refractivity contribution in [3.8, 4) is 0 Å². The minimum Gasteiger partial charge on any atom is -0.480 e. The van der Waals surface area contributed by atoms with Crippen LogP contribution in [-0.2, 0) is 22.6 Å². The molecule has 21 heavy (non-hydrogen) atoms. The van der Waals surface area contributed by atoms with Gasteiger partial charge in [-0.2, -0.15) is 0 Å². The Morgan fingerprint density at radius 3 is 3.00 bits per heavy atom. The number of ether oxygens (including phenoxy) is 1. The van der Waals surface area contributed by atoms with Gasteiger partial charge in [0.05, 0.1) is 13.2 Å². The molecule has 5 heteroatoms. The summed E-state index contributed by atoms with van der Waals surface area (Å²) in [5.41, 5.74) is 2.38. The van der Waals surface area contributed by atoms with Crippen LogP contribution >= 0.6 is 0 Å². The third-order valence-corrected chi connectivity index (χ3v) is 4.11. The number of aromatic nitrogens is 1. The van der Waals surface area contributed by atoms with Crippen LogP contribution in [0.5, 0.6) is 0 Å². The standard InChI is InChI=1S/C16H20N2O3/c1-2-17-9-12(13-5-3-4-6-14(13)17)10-18-7-8-21-11-15(18)16(19)20/h3-6,9,15H,2,7-8,10-11H2,1H3,(H,19,20). The fourth-order valence-electron chi connectivity index (χ4n) is 2.98. The van der Waals surface area contributed by atoms with E-state index in [2.05, 4.69) is 29.8 Å². The highest BCUT2D eigenvalue weighted by Gasteiger charge is 2.29. The molecule has 2 aromatic rings. The second kappa shape index (κ2) is 5.87. The molecule has 1 atom stereocenters. The topological polar surface area (TPSA) is 54.7 Å². The van der Waals surface area contributed by atoms with E-state index in [0.29, 0.717) is 19.7 Å². The number of aliphatic carboxylic acids is 1. The summed E-state index contributed by atoms with van der Waals surface area (Å²) in [4.78, 5) is 13.3. The van der Waals surface area contributed by atoms with Crippen LogP contribution in [0.2, 0.25) is 0 Å². The zero-order valence-electron chi connectivity index (χ0n) is 12.2. The average molecular weight is 288 g/mol. The van der Waals surface area contributed by atoms with E-state index < -0.39 is 12.0 Å². The zero-order chi connectivity index (χ0) is 14.8. The Balaban J connectivity index is 1.92. The van der Waals surface area contributed by atoms with Crippen LogP contribution in [0, 0.1) is 0 Å². The smallest absolute Gasteiger partial charge is 0.323 e. The second-order valence-electron chi connectivity index (χ2n) is 5.36. The molecule has 0 saturated carbocycles. The lowest BCUT2D eigenvalue weighted by Gasteiger charge is -2.32. The maximum atomic E-state index is 11.4. The number of hydrogen-bond donors (Lipinski definition) is 1. The second-order valence-corrected chi connectivity index (χ2v) is 5.36. The van der Waals surface area contributed by atoms with Gasteiger partial charge in [-0.25, -0.2) is 0 Å². The number of morpholine rings is 1. The van der Waals surface area contributed by atoms with Crippen LogP contribution < -0.4 is 0 Å². The van der Waals surface area contributed by atoms with Gasteiger partial charge in [0.1, 0.15) is 6.04 Å². The molecule has 0 amide bonds. The van der Waals surface area contributed by atoms with E-state index in [0.717, 1.165) is 6.54 Å². The number of aryl methyl sites for hydroxylation is 1. The number of para-hydroxylation sites is 1. The lowest BCUT2D eigenvalue weighted by atomic mass is 10.1. The summed E-state index contributed by atoms with van der Waals surface area (Å²) in [6.45, 7) is 5.19. The van der Waals surface area contributed by atoms with E-state index in [1.54, 1.807) is 0 Å². The molecule has 1 aromatic carbocycles. The number of nitrogens with zero attached hydrogens (tertiary/aromatic N) is 2. The first-order valence-corrected chi connectivity index (χ1v) is 7.32. The van der Waals surface area contributed by atoms with Gasteiger partial charge in [-0.05, 0) is 18.6 Å². The van der Waals surface area contributed by atoms with Crippen LogP contribution in [0.3, 0.4) is 0 Å². The molecule has 0 radical (unpaired) electrons. The molecule has 1 aromatic heterocycles. The molecule has 5 nitrogen and oxygen atoms in total.